The Morgan fingerprint density at radius 1 is 1.39 bits per heavy atom. The number of carbonyl (C=O) groups excluding carboxylic acids is 1. The molecule has 0 aromatic carbocycles. The van der Waals surface area contributed by atoms with E-state index in [9.17, 15) is 14.4 Å². The number of halogens is 3. The maximum Gasteiger partial charge on any atom is 0.407 e. The van der Waals surface area contributed by atoms with Gasteiger partial charge in [0, 0.05) is 31.2 Å². The second kappa shape index (κ2) is 8.76. The molecule has 0 spiro atoms. The van der Waals surface area contributed by atoms with E-state index in [1.54, 1.807) is 25.7 Å². The first kappa shape index (κ1) is 21.9. The van der Waals surface area contributed by atoms with Crippen LogP contribution in [0, 0.1) is 17.1 Å². The van der Waals surface area contributed by atoms with E-state index in [4.69, 9.17) is 27.9 Å². The number of aromatic nitrogens is 2. The fourth-order valence-electron chi connectivity index (χ4n) is 2.59. The molecule has 7 nitrogen and oxygen atoms in total. The largest absolute Gasteiger partial charge is 0.444 e. The molecule has 0 aliphatic rings. The van der Waals surface area contributed by atoms with Gasteiger partial charge in [-0.2, -0.15) is 5.26 Å². The molecule has 1 amide bonds. The van der Waals surface area contributed by atoms with Gasteiger partial charge < -0.3 is 15.0 Å². The molecular formula is C18H20Cl2FN5O2. The van der Waals surface area contributed by atoms with Gasteiger partial charge >= 0.3 is 6.09 Å². The highest BCUT2D eigenvalue weighted by Gasteiger charge is 2.22. The molecule has 28 heavy (non-hydrogen) atoms. The van der Waals surface area contributed by atoms with Crippen molar-refractivity contribution in [2.75, 3.05) is 24.5 Å². The molecule has 1 N–H and O–H groups in total. The number of ether oxygens (including phenoxy) is 1. The van der Waals surface area contributed by atoms with Crippen LogP contribution in [0.4, 0.5) is 14.9 Å². The Bertz CT molecular complexity index is 940. The average molecular weight is 428 g/mol. The van der Waals surface area contributed by atoms with Crippen LogP contribution >= 0.6 is 23.2 Å². The lowest BCUT2D eigenvalue weighted by molar-refractivity contribution is 0.0529. The maximum atomic E-state index is 14.4. The first-order chi connectivity index (χ1) is 13.1. The van der Waals surface area contributed by atoms with Crippen LogP contribution in [0.1, 0.15) is 33.3 Å². The van der Waals surface area contributed by atoms with E-state index < -0.39 is 17.5 Å². The number of alkyl carbamates (subject to hydrolysis) is 1. The van der Waals surface area contributed by atoms with Crippen molar-refractivity contribution in [3.8, 4) is 6.07 Å². The number of nitrogens with zero attached hydrogens (tertiary/aromatic N) is 4. The smallest absolute Gasteiger partial charge is 0.407 e. The Morgan fingerprint density at radius 2 is 2.07 bits per heavy atom. The Hall–Kier alpha value is -2.37. The number of rotatable bonds is 5. The van der Waals surface area contributed by atoms with Crippen molar-refractivity contribution in [2.24, 2.45) is 0 Å². The van der Waals surface area contributed by atoms with E-state index in [0.29, 0.717) is 24.2 Å². The molecule has 0 unspecified atom stereocenters. The molecule has 0 bridgehead atoms. The molecule has 2 rings (SSSR count). The molecular weight excluding hydrogens is 408 g/mol. The zero-order valence-electron chi connectivity index (χ0n) is 15.9. The zero-order chi connectivity index (χ0) is 21.1. The van der Waals surface area contributed by atoms with Crippen LogP contribution in [0.15, 0.2) is 6.20 Å². The Labute approximate surface area is 172 Å². The quantitative estimate of drug-likeness (QED) is 0.715. The second-order valence-electron chi connectivity index (χ2n) is 6.87. The maximum absolute atomic E-state index is 14.4. The minimum atomic E-state index is -0.810. The predicted octanol–water partition coefficient (Wildman–Crippen LogP) is 4.30. The molecule has 0 fully saturated rings. The van der Waals surface area contributed by atoms with Crippen molar-refractivity contribution in [3.05, 3.63) is 27.9 Å². The predicted molar refractivity (Wildman–Crippen MR) is 106 cm³/mol. The van der Waals surface area contributed by atoms with Crippen LogP contribution in [-0.4, -0.2) is 41.3 Å². The molecule has 2 aromatic heterocycles. The standard InChI is InChI=1S/C18H20Cl2FN5O2/c1-5-26(7-6-23-17(27)28-18(2,3)4)14-10(8-22)15(19)25-13-11(14)9-24-16(20)12(13)21/h9H,5-7H2,1-4H3,(H,23,27). The topological polar surface area (TPSA) is 91.1 Å². The summed E-state index contributed by atoms with van der Waals surface area (Å²) in [6, 6.07) is 2.00. The number of hydrogen-bond donors (Lipinski definition) is 1. The minimum Gasteiger partial charge on any atom is -0.444 e. The number of nitriles is 1. The van der Waals surface area contributed by atoms with Crippen molar-refractivity contribution < 1.29 is 13.9 Å². The lowest BCUT2D eigenvalue weighted by Crippen LogP contribution is -2.38. The summed E-state index contributed by atoms with van der Waals surface area (Å²) in [5, 5.41) is 12.0. The van der Waals surface area contributed by atoms with Crippen molar-refractivity contribution in [3.63, 3.8) is 0 Å². The third-order valence-electron chi connectivity index (χ3n) is 3.72. The van der Waals surface area contributed by atoms with Crippen LogP contribution in [0.3, 0.4) is 0 Å². The normalized spacial score (nSPS) is 11.2. The van der Waals surface area contributed by atoms with Crippen LogP contribution in [0.2, 0.25) is 10.3 Å². The van der Waals surface area contributed by atoms with Crippen molar-refractivity contribution in [1.82, 2.24) is 15.3 Å². The highest BCUT2D eigenvalue weighted by atomic mass is 35.5. The third kappa shape index (κ3) is 4.91. The van der Waals surface area contributed by atoms with Gasteiger partial charge in [-0.25, -0.2) is 19.2 Å². The number of pyridine rings is 2. The number of carbonyl (C=O) groups is 1. The Balaban J connectivity index is 2.36. The lowest BCUT2D eigenvalue weighted by Gasteiger charge is -2.26. The average Bonchev–Trinajstić information content (AvgIpc) is 2.60. The number of nitrogens with one attached hydrogen (secondary N) is 1. The molecule has 0 atom stereocenters. The van der Waals surface area contributed by atoms with Gasteiger partial charge in [-0.15, -0.1) is 0 Å². The third-order valence-corrected chi connectivity index (χ3v) is 4.26. The molecule has 0 saturated heterocycles. The van der Waals surface area contributed by atoms with Gasteiger partial charge in [0.1, 0.15) is 27.9 Å². The van der Waals surface area contributed by atoms with Gasteiger partial charge in [0.05, 0.1) is 5.69 Å². The molecule has 0 radical (unpaired) electrons. The number of likely N-dealkylation sites (N-methyl/N-ethyl adjacent to an activating group) is 1. The number of amides is 1. The fraction of sp³-hybridized carbons (Fsp3) is 0.444. The van der Waals surface area contributed by atoms with Gasteiger partial charge in [0.25, 0.3) is 0 Å². The number of hydrogen-bond acceptors (Lipinski definition) is 6. The van der Waals surface area contributed by atoms with Crippen LogP contribution in [0.5, 0.6) is 0 Å². The summed E-state index contributed by atoms with van der Waals surface area (Å²) in [6.07, 6.45) is 0.797. The van der Waals surface area contributed by atoms with E-state index in [2.05, 4.69) is 15.3 Å². The molecule has 0 aliphatic carbocycles. The fourth-order valence-corrected chi connectivity index (χ4v) is 2.94. The van der Waals surface area contributed by atoms with E-state index in [1.165, 1.54) is 6.20 Å². The van der Waals surface area contributed by atoms with Gasteiger partial charge in [0.15, 0.2) is 11.0 Å². The molecule has 150 valence electrons. The number of anilines is 1. The highest BCUT2D eigenvalue weighted by Crippen LogP contribution is 2.35. The van der Waals surface area contributed by atoms with E-state index in [-0.39, 0.29) is 27.9 Å². The summed E-state index contributed by atoms with van der Waals surface area (Å²) in [4.78, 5) is 21.4. The molecule has 0 saturated carbocycles. The first-order valence-corrected chi connectivity index (χ1v) is 9.29. The van der Waals surface area contributed by atoms with E-state index in [1.807, 2.05) is 13.0 Å². The van der Waals surface area contributed by atoms with E-state index >= 15 is 0 Å². The minimum absolute atomic E-state index is 0.0717. The second-order valence-corrected chi connectivity index (χ2v) is 7.59. The summed E-state index contributed by atoms with van der Waals surface area (Å²) in [7, 11) is 0. The molecule has 10 heteroatoms. The summed E-state index contributed by atoms with van der Waals surface area (Å²) in [5.74, 6) is -0.810. The molecule has 2 heterocycles. The van der Waals surface area contributed by atoms with Crippen LogP contribution in [0.25, 0.3) is 10.9 Å². The monoisotopic (exact) mass is 427 g/mol. The lowest BCUT2D eigenvalue weighted by atomic mass is 10.1. The van der Waals surface area contributed by atoms with Gasteiger partial charge in [-0.05, 0) is 27.7 Å². The van der Waals surface area contributed by atoms with Gasteiger partial charge in [-0.3, -0.25) is 0 Å². The first-order valence-electron chi connectivity index (χ1n) is 8.54. The van der Waals surface area contributed by atoms with Crippen LogP contribution < -0.4 is 10.2 Å². The Morgan fingerprint density at radius 3 is 2.64 bits per heavy atom. The highest BCUT2D eigenvalue weighted by molar-refractivity contribution is 6.32. The van der Waals surface area contributed by atoms with Crippen LogP contribution in [-0.2, 0) is 4.74 Å². The van der Waals surface area contributed by atoms with Crippen molar-refractivity contribution >= 4 is 45.9 Å². The van der Waals surface area contributed by atoms with Gasteiger partial charge in [-0.1, -0.05) is 23.2 Å². The number of fused-ring (bicyclic) bond motifs is 1. The summed E-state index contributed by atoms with van der Waals surface area (Å²) >= 11 is 11.9. The SMILES string of the molecule is CCN(CCNC(=O)OC(C)(C)C)c1c(C#N)c(Cl)nc2c(F)c(Cl)ncc12. The van der Waals surface area contributed by atoms with Crippen molar-refractivity contribution in [2.45, 2.75) is 33.3 Å². The molecule has 0 aliphatic heterocycles. The Kier molecular flexibility index (Phi) is 6.86. The summed E-state index contributed by atoms with van der Waals surface area (Å²) in [6.45, 7) is 8.17. The molecule has 2 aromatic rings. The zero-order valence-corrected chi connectivity index (χ0v) is 17.4. The summed E-state index contributed by atoms with van der Waals surface area (Å²) < 4.78 is 19.6. The van der Waals surface area contributed by atoms with Crippen molar-refractivity contribution in [1.29, 1.82) is 5.26 Å². The van der Waals surface area contributed by atoms with Gasteiger partial charge in [0.2, 0.25) is 0 Å². The van der Waals surface area contributed by atoms with E-state index in [0.717, 1.165) is 0 Å². The summed E-state index contributed by atoms with van der Waals surface area (Å²) in [5.41, 5.74) is -0.205.